The Kier molecular flexibility index (Phi) is 4.72. The van der Waals surface area contributed by atoms with E-state index in [1.54, 1.807) is 0 Å². The van der Waals surface area contributed by atoms with Crippen LogP contribution in [0.15, 0.2) is 18.2 Å². The Morgan fingerprint density at radius 3 is 2.43 bits per heavy atom. The van der Waals surface area contributed by atoms with Crippen LogP contribution in [0.5, 0.6) is 0 Å². The number of rotatable bonds is 4. The number of hydrogen-bond acceptors (Lipinski definition) is 6. The fourth-order valence-electron chi connectivity index (χ4n) is 3.44. The van der Waals surface area contributed by atoms with Gasteiger partial charge in [-0.05, 0) is 18.6 Å². The van der Waals surface area contributed by atoms with E-state index in [4.69, 9.17) is 0 Å². The lowest BCUT2D eigenvalue weighted by atomic mass is 9.86. The summed E-state index contributed by atoms with van der Waals surface area (Å²) in [5.74, 6) is -3.77. The molecule has 10 heteroatoms. The van der Waals surface area contributed by atoms with Crippen molar-refractivity contribution < 1.29 is 28.8 Å². The molecule has 0 radical (unpaired) electrons. The molecule has 3 N–H and O–H groups in total. The molecule has 10 nitrogen and oxygen atoms in total. The number of benzene rings is 1. The second kappa shape index (κ2) is 6.87. The highest BCUT2D eigenvalue weighted by molar-refractivity contribution is 6.27. The molecule has 0 saturated carbocycles. The number of amides is 6. The van der Waals surface area contributed by atoms with Gasteiger partial charge in [-0.3, -0.25) is 39.0 Å². The number of nitrogens with one attached hydrogen (secondary N) is 3. The van der Waals surface area contributed by atoms with Crippen LogP contribution in [0.4, 0.5) is 5.69 Å². The second-order valence-corrected chi connectivity index (χ2v) is 6.67. The number of nitrogens with zero attached hydrogens (tertiary/aromatic N) is 1. The molecule has 2 heterocycles. The van der Waals surface area contributed by atoms with Crippen LogP contribution in [0.25, 0.3) is 0 Å². The van der Waals surface area contributed by atoms with Gasteiger partial charge in [-0.1, -0.05) is 6.07 Å². The summed E-state index contributed by atoms with van der Waals surface area (Å²) in [7, 11) is 0. The molecule has 3 rings (SSSR count). The van der Waals surface area contributed by atoms with E-state index in [1.165, 1.54) is 32.0 Å². The van der Waals surface area contributed by atoms with Crippen LogP contribution in [-0.2, 0) is 19.2 Å². The van der Waals surface area contributed by atoms with Gasteiger partial charge in [-0.25, -0.2) is 0 Å². The average molecular weight is 386 g/mol. The Balaban J connectivity index is 2.09. The Labute approximate surface area is 159 Å². The molecule has 146 valence electrons. The molecule has 0 bridgehead atoms. The quantitative estimate of drug-likeness (QED) is 0.599. The Hall–Kier alpha value is -3.56. The summed E-state index contributed by atoms with van der Waals surface area (Å²) < 4.78 is 0. The van der Waals surface area contributed by atoms with Crippen LogP contribution in [-0.4, -0.2) is 52.4 Å². The zero-order valence-electron chi connectivity index (χ0n) is 15.3. The molecule has 28 heavy (non-hydrogen) atoms. The molecule has 0 aliphatic carbocycles. The zero-order chi connectivity index (χ0) is 20.6. The third kappa shape index (κ3) is 3.02. The minimum Gasteiger partial charge on any atom is -0.353 e. The Bertz CT molecular complexity index is 940. The highest BCUT2D eigenvalue weighted by Gasteiger charge is 2.56. The molecule has 1 unspecified atom stereocenters. The SMILES string of the molecule is CC(=O)NCC1(N2C(=O)c3cccc(NC(C)=O)c3C2=O)CCC(=O)NC1=O. The zero-order valence-corrected chi connectivity index (χ0v) is 15.3. The second-order valence-electron chi connectivity index (χ2n) is 6.67. The molecule has 2 aliphatic rings. The van der Waals surface area contributed by atoms with Gasteiger partial charge in [0.15, 0.2) is 0 Å². The summed E-state index contributed by atoms with van der Waals surface area (Å²) >= 11 is 0. The number of piperidine rings is 1. The highest BCUT2D eigenvalue weighted by atomic mass is 16.2. The molecule has 1 atom stereocenters. The fraction of sp³-hybridized carbons (Fsp3) is 0.333. The molecule has 6 amide bonds. The van der Waals surface area contributed by atoms with Gasteiger partial charge in [-0.2, -0.15) is 0 Å². The van der Waals surface area contributed by atoms with Crippen LogP contribution in [0.1, 0.15) is 47.4 Å². The topological polar surface area (TPSA) is 142 Å². The van der Waals surface area contributed by atoms with E-state index >= 15 is 0 Å². The van der Waals surface area contributed by atoms with E-state index in [1.807, 2.05) is 0 Å². The maximum atomic E-state index is 13.2. The first kappa shape index (κ1) is 19.2. The van der Waals surface area contributed by atoms with Crippen LogP contribution >= 0.6 is 0 Å². The van der Waals surface area contributed by atoms with Crippen molar-refractivity contribution in [1.82, 2.24) is 15.5 Å². The predicted octanol–water partition coefficient (Wildman–Crippen LogP) is -0.447. The van der Waals surface area contributed by atoms with E-state index in [2.05, 4.69) is 16.0 Å². The van der Waals surface area contributed by atoms with E-state index in [0.29, 0.717) is 0 Å². The van der Waals surface area contributed by atoms with Gasteiger partial charge in [0.05, 0.1) is 23.4 Å². The predicted molar refractivity (Wildman–Crippen MR) is 95.0 cm³/mol. The van der Waals surface area contributed by atoms with Gasteiger partial charge in [-0.15, -0.1) is 0 Å². The number of carbonyl (C=O) groups is 6. The van der Waals surface area contributed by atoms with Gasteiger partial charge in [0, 0.05) is 20.3 Å². The molecule has 0 spiro atoms. The van der Waals surface area contributed by atoms with E-state index in [0.717, 1.165) is 4.90 Å². The van der Waals surface area contributed by atoms with E-state index < -0.39 is 41.0 Å². The minimum absolute atomic E-state index is 0.0307. The largest absolute Gasteiger partial charge is 0.353 e. The van der Waals surface area contributed by atoms with Crippen molar-refractivity contribution in [3.63, 3.8) is 0 Å². The summed E-state index contributed by atoms with van der Waals surface area (Å²) in [6, 6.07) is 4.39. The van der Waals surface area contributed by atoms with E-state index in [9.17, 15) is 28.8 Å². The number of carbonyl (C=O) groups excluding carboxylic acids is 6. The van der Waals surface area contributed by atoms with Crippen LogP contribution in [0.2, 0.25) is 0 Å². The highest BCUT2D eigenvalue weighted by Crippen LogP contribution is 2.37. The molecular formula is C18H18N4O6. The Morgan fingerprint density at radius 2 is 1.82 bits per heavy atom. The standard InChI is InChI=1S/C18H18N4O6/c1-9(23)19-8-18(7-6-13(25)21-17(18)28)22-15(26)11-4-3-5-12(20-10(2)24)14(11)16(22)27/h3-5H,6-8H2,1-2H3,(H,19,23)(H,20,24)(H,21,25,28). The smallest absolute Gasteiger partial charge is 0.264 e. The number of anilines is 1. The summed E-state index contributed by atoms with van der Waals surface area (Å²) in [5.41, 5.74) is -1.61. The minimum atomic E-state index is -1.75. The maximum Gasteiger partial charge on any atom is 0.264 e. The van der Waals surface area contributed by atoms with Crippen molar-refractivity contribution in [1.29, 1.82) is 0 Å². The Morgan fingerprint density at radius 1 is 1.11 bits per heavy atom. The average Bonchev–Trinajstić information content (AvgIpc) is 2.87. The van der Waals surface area contributed by atoms with Crippen LogP contribution < -0.4 is 16.0 Å². The van der Waals surface area contributed by atoms with Crippen LogP contribution in [0, 0.1) is 0 Å². The lowest BCUT2D eigenvalue weighted by molar-refractivity contribution is -0.141. The van der Waals surface area contributed by atoms with Crippen molar-refractivity contribution in [3.05, 3.63) is 29.3 Å². The maximum absolute atomic E-state index is 13.2. The molecule has 1 aromatic carbocycles. The normalized spacial score (nSPS) is 21.3. The van der Waals surface area contributed by atoms with Crippen molar-refractivity contribution in [3.8, 4) is 0 Å². The van der Waals surface area contributed by atoms with Gasteiger partial charge in [0.2, 0.25) is 17.7 Å². The van der Waals surface area contributed by atoms with Gasteiger partial charge >= 0.3 is 0 Å². The van der Waals surface area contributed by atoms with Crippen LogP contribution in [0.3, 0.4) is 0 Å². The van der Waals surface area contributed by atoms with Crippen molar-refractivity contribution in [2.24, 2.45) is 0 Å². The number of fused-ring (bicyclic) bond motifs is 1. The first-order valence-corrected chi connectivity index (χ1v) is 8.55. The van der Waals surface area contributed by atoms with Crippen molar-refractivity contribution in [2.75, 3.05) is 11.9 Å². The third-order valence-corrected chi connectivity index (χ3v) is 4.72. The van der Waals surface area contributed by atoms with Crippen molar-refractivity contribution >= 4 is 41.1 Å². The molecule has 1 fully saturated rings. The van der Waals surface area contributed by atoms with Gasteiger partial charge < -0.3 is 10.6 Å². The molecular weight excluding hydrogens is 368 g/mol. The van der Waals surface area contributed by atoms with Gasteiger partial charge in [0.1, 0.15) is 5.54 Å². The first-order chi connectivity index (χ1) is 13.2. The molecule has 0 aromatic heterocycles. The summed E-state index contributed by atoms with van der Waals surface area (Å²) in [6.45, 7) is 2.16. The fourth-order valence-corrected chi connectivity index (χ4v) is 3.44. The van der Waals surface area contributed by atoms with Crippen molar-refractivity contribution in [2.45, 2.75) is 32.2 Å². The number of hydrogen-bond donors (Lipinski definition) is 3. The summed E-state index contributed by atoms with van der Waals surface area (Å²) in [5, 5.41) is 7.10. The first-order valence-electron chi connectivity index (χ1n) is 8.55. The molecule has 1 aromatic rings. The van der Waals surface area contributed by atoms with Gasteiger partial charge in [0.25, 0.3) is 17.7 Å². The third-order valence-electron chi connectivity index (χ3n) is 4.72. The monoisotopic (exact) mass is 386 g/mol. The summed E-state index contributed by atoms with van der Waals surface area (Å²) in [6.07, 6.45) is -0.226. The molecule has 1 saturated heterocycles. The molecule has 2 aliphatic heterocycles. The summed E-state index contributed by atoms with van der Waals surface area (Å²) in [4.78, 5) is 74.2. The lowest BCUT2D eigenvalue weighted by Crippen LogP contribution is -2.68. The lowest BCUT2D eigenvalue weighted by Gasteiger charge is -2.41. The van der Waals surface area contributed by atoms with E-state index in [-0.39, 0.29) is 36.2 Å². The number of imide groups is 2.